The minimum absolute atomic E-state index is 0.541. The fraction of sp³-hybridized carbons (Fsp3) is 0.0909. The molecular weight excluding hydrogens is 192 g/mol. The van der Waals surface area contributed by atoms with E-state index in [0.717, 1.165) is 5.56 Å². The van der Waals surface area contributed by atoms with Gasteiger partial charge in [0.2, 0.25) is 0 Å². The molecule has 0 bridgehead atoms. The number of rotatable bonds is 2. The van der Waals surface area contributed by atoms with E-state index in [4.69, 9.17) is 5.26 Å². The summed E-state index contributed by atoms with van der Waals surface area (Å²) in [6.45, 7) is 0. The van der Waals surface area contributed by atoms with Gasteiger partial charge in [-0.25, -0.2) is 4.79 Å². The molecule has 1 aromatic rings. The van der Waals surface area contributed by atoms with E-state index in [1.807, 2.05) is 6.07 Å². The van der Waals surface area contributed by atoms with Crippen LogP contribution in [0.15, 0.2) is 30.5 Å². The lowest BCUT2D eigenvalue weighted by atomic mass is 10.1. The van der Waals surface area contributed by atoms with Crippen molar-refractivity contribution in [2.75, 3.05) is 7.11 Å². The number of ether oxygens (including phenoxy) is 1. The number of carbonyl (C=O) groups excluding carboxylic acids is 1. The normalized spacial score (nSPS) is 9.60. The Labute approximate surface area is 87.8 Å². The summed E-state index contributed by atoms with van der Waals surface area (Å²) in [5.74, 6) is 0. The Morgan fingerprint density at radius 1 is 1.53 bits per heavy atom. The summed E-state index contributed by atoms with van der Waals surface area (Å²) in [6.07, 6.45) is 2.53. The highest BCUT2D eigenvalue weighted by molar-refractivity contribution is 5.70. The summed E-state index contributed by atoms with van der Waals surface area (Å²) in [7, 11) is 1.28. The number of nitrogens with zero attached hydrogens (tertiary/aromatic N) is 1. The Bertz CT molecular complexity index is 419. The molecule has 1 rings (SSSR count). The average molecular weight is 202 g/mol. The van der Waals surface area contributed by atoms with Gasteiger partial charge < -0.3 is 4.74 Å². The van der Waals surface area contributed by atoms with Crippen LogP contribution in [0.5, 0.6) is 0 Å². The van der Waals surface area contributed by atoms with Crippen LogP contribution in [0.4, 0.5) is 4.79 Å². The number of alkyl carbamates (subject to hydrolysis) is 1. The van der Waals surface area contributed by atoms with E-state index in [0.29, 0.717) is 5.56 Å². The zero-order valence-corrected chi connectivity index (χ0v) is 8.23. The van der Waals surface area contributed by atoms with Gasteiger partial charge in [0.25, 0.3) is 0 Å². The average Bonchev–Trinajstić information content (AvgIpc) is 2.29. The smallest absolute Gasteiger partial charge is 0.410 e. The van der Waals surface area contributed by atoms with Crippen LogP contribution in [0.2, 0.25) is 0 Å². The lowest BCUT2D eigenvalue weighted by Crippen LogP contribution is -2.15. The summed E-state index contributed by atoms with van der Waals surface area (Å²) in [5.41, 5.74) is 1.30. The molecule has 0 aliphatic heterocycles. The third-order valence-electron chi connectivity index (χ3n) is 1.73. The van der Waals surface area contributed by atoms with Gasteiger partial charge in [0.15, 0.2) is 0 Å². The maximum Gasteiger partial charge on any atom is 0.410 e. The number of hydrogen-bond donors (Lipinski definition) is 1. The molecule has 76 valence electrons. The second kappa shape index (κ2) is 5.45. The molecule has 15 heavy (non-hydrogen) atoms. The van der Waals surface area contributed by atoms with Crippen molar-refractivity contribution in [3.63, 3.8) is 0 Å². The number of hydrogen-bond acceptors (Lipinski definition) is 3. The highest BCUT2D eigenvalue weighted by Gasteiger charge is 1.96. The molecule has 4 heteroatoms. The van der Waals surface area contributed by atoms with Crippen LogP contribution in [-0.2, 0) is 4.74 Å². The zero-order chi connectivity index (χ0) is 11.1. The van der Waals surface area contributed by atoms with Gasteiger partial charge in [-0.05, 0) is 17.7 Å². The summed E-state index contributed by atoms with van der Waals surface area (Å²) < 4.78 is 4.38. The number of nitrogens with one attached hydrogen (secondary N) is 1. The number of carbonyl (C=O) groups is 1. The monoisotopic (exact) mass is 202 g/mol. The molecule has 0 heterocycles. The maximum atomic E-state index is 10.7. The van der Waals surface area contributed by atoms with E-state index in [1.165, 1.54) is 13.3 Å². The van der Waals surface area contributed by atoms with E-state index >= 15 is 0 Å². The topological polar surface area (TPSA) is 62.1 Å². The first-order valence-electron chi connectivity index (χ1n) is 4.28. The van der Waals surface area contributed by atoms with Gasteiger partial charge in [-0.1, -0.05) is 18.2 Å². The molecule has 0 aliphatic rings. The van der Waals surface area contributed by atoms with E-state index in [9.17, 15) is 4.79 Å². The molecule has 0 atom stereocenters. The van der Waals surface area contributed by atoms with Gasteiger partial charge in [0, 0.05) is 6.20 Å². The molecule has 0 spiro atoms. The molecule has 0 saturated carbocycles. The zero-order valence-electron chi connectivity index (χ0n) is 8.23. The predicted octanol–water partition coefficient (Wildman–Crippen LogP) is 1.88. The van der Waals surface area contributed by atoms with Crippen molar-refractivity contribution in [3.8, 4) is 6.07 Å². The Hall–Kier alpha value is -2.28. The van der Waals surface area contributed by atoms with Gasteiger partial charge in [-0.15, -0.1) is 0 Å². The Balaban J connectivity index is 2.73. The maximum absolute atomic E-state index is 10.7. The minimum atomic E-state index is -0.541. The van der Waals surface area contributed by atoms with E-state index < -0.39 is 6.09 Å². The van der Waals surface area contributed by atoms with Gasteiger partial charge in [0.1, 0.15) is 0 Å². The largest absolute Gasteiger partial charge is 0.453 e. The van der Waals surface area contributed by atoms with Gasteiger partial charge in [-0.3, -0.25) is 5.32 Å². The fourth-order valence-corrected chi connectivity index (χ4v) is 1.00. The second-order valence-electron chi connectivity index (χ2n) is 2.67. The first-order chi connectivity index (χ1) is 7.27. The molecule has 0 aliphatic carbocycles. The first kappa shape index (κ1) is 10.8. The first-order valence-corrected chi connectivity index (χ1v) is 4.28. The summed E-state index contributed by atoms with van der Waals surface area (Å²) in [4.78, 5) is 10.7. The lowest BCUT2D eigenvalue weighted by Gasteiger charge is -1.97. The summed E-state index contributed by atoms with van der Waals surface area (Å²) in [6, 6.07) is 9.14. The molecular formula is C11H10N2O2. The third kappa shape index (κ3) is 3.16. The molecule has 0 fully saturated rings. The van der Waals surface area contributed by atoms with Crippen LogP contribution in [0, 0.1) is 11.3 Å². The van der Waals surface area contributed by atoms with Crippen molar-refractivity contribution >= 4 is 12.2 Å². The summed E-state index contributed by atoms with van der Waals surface area (Å²) >= 11 is 0. The van der Waals surface area contributed by atoms with Crippen molar-refractivity contribution in [2.45, 2.75) is 0 Å². The van der Waals surface area contributed by atoms with E-state index in [2.05, 4.69) is 16.1 Å². The predicted molar refractivity (Wildman–Crippen MR) is 55.7 cm³/mol. The van der Waals surface area contributed by atoms with Crippen molar-refractivity contribution in [3.05, 3.63) is 41.6 Å². The minimum Gasteiger partial charge on any atom is -0.453 e. The molecule has 0 aromatic heterocycles. The van der Waals surface area contributed by atoms with Crippen LogP contribution in [0.1, 0.15) is 11.1 Å². The molecule has 0 unspecified atom stereocenters. The van der Waals surface area contributed by atoms with E-state index in [1.54, 1.807) is 24.3 Å². The number of benzene rings is 1. The molecule has 4 nitrogen and oxygen atoms in total. The number of nitriles is 1. The third-order valence-corrected chi connectivity index (χ3v) is 1.73. The highest BCUT2D eigenvalue weighted by atomic mass is 16.5. The van der Waals surface area contributed by atoms with Crippen molar-refractivity contribution in [2.24, 2.45) is 0 Å². The van der Waals surface area contributed by atoms with Crippen LogP contribution in [0.3, 0.4) is 0 Å². The Morgan fingerprint density at radius 3 is 2.93 bits per heavy atom. The summed E-state index contributed by atoms with van der Waals surface area (Å²) in [5, 5.41) is 11.2. The molecule has 0 radical (unpaired) electrons. The quantitative estimate of drug-likeness (QED) is 0.796. The standard InChI is InChI=1S/C11H10N2O2/c1-15-11(14)13-7-6-9-4-2-3-5-10(9)8-12/h2-7H,1H3,(H,13,14)/b7-6+. The van der Waals surface area contributed by atoms with E-state index in [-0.39, 0.29) is 0 Å². The van der Waals surface area contributed by atoms with Gasteiger partial charge >= 0.3 is 6.09 Å². The van der Waals surface area contributed by atoms with Crippen molar-refractivity contribution in [1.29, 1.82) is 5.26 Å². The van der Waals surface area contributed by atoms with Crippen LogP contribution in [-0.4, -0.2) is 13.2 Å². The van der Waals surface area contributed by atoms with Crippen LogP contribution in [0.25, 0.3) is 6.08 Å². The van der Waals surface area contributed by atoms with Crippen LogP contribution >= 0.6 is 0 Å². The number of methoxy groups -OCH3 is 1. The van der Waals surface area contributed by atoms with Gasteiger partial charge in [0.05, 0.1) is 18.7 Å². The molecule has 1 amide bonds. The van der Waals surface area contributed by atoms with Crippen molar-refractivity contribution in [1.82, 2.24) is 5.32 Å². The molecule has 1 N–H and O–H groups in total. The number of amides is 1. The SMILES string of the molecule is COC(=O)N/C=C/c1ccccc1C#N. The van der Waals surface area contributed by atoms with Gasteiger partial charge in [-0.2, -0.15) is 5.26 Å². The second-order valence-corrected chi connectivity index (χ2v) is 2.67. The van der Waals surface area contributed by atoms with Crippen LogP contribution < -0.4 is 5.32 Å². The molecule has 0 saturated heterocycles. The highest BCUT2D eigenvalue weighted by Crippen LogP contribution is 2.08. The molecule has 1 aromatic carbocycles. The lowest BCUT2D eigenvalue weighted by molar-refractivity contribution is 0.175. The Kier molecular flexibility index (Phi) is 3.92. The fourth-order valence-electron chi connectivity index (χ4n) is 1.00. The van der Waals surface area contributed by atoms with Crippen molar-refractivity contribution < 1.29 is 9.53 Å². The Morgan fingerprint density at radius 2 is 2.27 bits per heavy atom.